The van der Waals surface area contributed by atoms with Crippen LogP contribution in [0.25, 0.3) is 0 Å². The fourth-order valence-electron chi connectivity index (χ4n) is 3.06. The predicted molar refractivity (Wildman–Crippen MR) is 128 cm³/mol. The standard InChI is InChI=1S/C21H41NO4S.2Na.2H/c1-3-4-5-6-7-8-9-10-11-12-13-14-15-16-17-18-20(23)21(19-22)27(24,25)26-2;;;;/h10-11,21H,3-9,12-19,22H2,1-2H3;;;;/b11-10-;;;;. The molecule has 1 atom stereocenters. The summed E-state index contributed by atoms with van der Waals surface area (Å²) in [5, 5.41) is -1.22. The number of carbonyl (C=O) groups is 1. The van der Waals surface area contributed by atoms with E-state index in [9.17, 15) is 13.2 Å². The molecule has 0 aromatic carbocycles. The van der Waals surface area contributed by atoms with Crippen LogP contribution >= 0.6 is 0 Å². The van der Waals surface area contributed by atoms with Crippen LogP contribution in [0, 0.1) is 0 Å². The normalized spacial score (nSPS) is 12.4. The summed E-state index contributed by atoms with van der Waals surface area (Å²) in [7, 11) is -2.80. The van der Waals surface area contributed by atoms with Crippen LogP contribution in [-0.2, 0) is 19.1 Å². The molecule has 0 radical (unpaired) electrons. The maximum absolute atomic E-state index is 12.0. The van der Waals surface area contributed by atoms with Gasteiger partial charge in [-0.3, -0.25) is 8.98 Å². The summed E-state index contributed by atoms with van der Waals surface area (Å²) in [6.07, 6.45) is 20.3. The summed E-state index contributed by atoms with van der Waals surface area (Å²) in [6, 6.07) is 0. The van der Waals surface area contributed by atoms with Gasteiger partial charge in [0.1, 0.15) is 0 Å². The fourth-order valence-corrected chi connectivity index (χ4v) is 3.97. The van der Waals surface area contributed by atoms with E-state index < -0.39 is 15.4 Å². The average Bonchev–Trinajstić information content (AvgIpc) is 2.65. The molecule has 8 heteroatoms. The van der Waals surface area contributed by atoms with Gasteiger partial charge in [-0.15, -0.1) is 0 Å². The molecule has 164 valence electrons. The molecule has 5 nitrogen and oxygen atoms in total. The summed E-state index contributed by atoms with van der Waals surface area (Å²) in [4.78, 5) is 12.0. The van der Waals surface area contributed by atoms with Crippen LogP contribution in [0.5, 0.6) is 0 Å². The molecule has 0 aliphatic rings. The Labute approximate surface area is 224 Å². The van der Waals surface area contributed by atoms with Crippen LogP contribution in [0.4, 0.5) is 0 Å². The molecule has 0 aliphatic carbocycles. The van der Waals surface area contributed by atoms with Crippen LogP contribution in [0.3, 0.4) is 0 Å². The second kappa shape index (κ2) is 23.9. The van der Waals surface area contributed by atoms with E-state index in [1.54, 1.807) is 0 Å². The Hall–Kier alpha value is 1.28. The van der Waals surface area contributed by atoms with Gasteiger partial charge in [0.05, 0.1) is 7.11 Å². The molecule has 0 saturated heterocycles. The number of carbonyl (C=O) groups excluding carboxylic acids is 1. The Kier molecular flexibility index (Phi) is 28.8. The van der Waals surface area contributed by atoms with Crippen molar-refractivity contribution in [3.8, 4) is 0 Å². The van der Waals surface area contributed by atoms with Gasteiger partial charge in [0.25, 0.3) is 10.1 Å². The SMILES string of the molecule is CCCCCCCC/C=C\CCCCCCCC(=O)C(CN)S(=O)(=O)OC.[NaH].[NaH]. The number of Topliss-reactive ketones (excluding diaryl/α,β-unsaturated/α-hetero) is 1. The Morgan fingerprint density at radius 3 is 1.76 bits per heavy atom. The van der Waals surface area contributed by atoms with E-state index in [1.165, 1.54) is 51.4 Å². The van der Waals surface area contributed by atoms with Gasteiger partial charge < -0.3 is 5.73 Å². The zero-order chi connectivity index (χ0) is 20.4. The van der Waals surface area contributed by atoms with E-state index in [0.717, 1.165) is 32.8 Å². The molecule has 0 aromatic heterocycles. The van der Waals surface area contributed by atoms with E-state index in [4.69, 9.17) is 5.73 Å². The predicted octanol–water partition coefficient (Wildman–Crippen LogP) is 3.60. The molecule has 0 fully saturated rings. The van der Waals surface area contributed by atoms with Crippen molar-refractivity contribution in [3.05, 3.63) is 12.2 Å². The van der Waals surface area contributed by atoms with E-state index in [0.29, 0.717) is 6.42 Å². The Balaban J connectivity index is -0.00000338. The molecule has 0 rings (SSSR count). The molecule has 1 unspecified atom stereocenters. The first kappa shape index (κ1) is 34.9. The second-order valence-corrected chi connectivity index (χ2v) is 9.07. The Morgan fingerprint density at radius 1 is 0.862 bits per heavy atom. The second-order valence-electron chi connectivity index (χ2n) is 7.18. The zero-order valence-corrected chi connectivity index (χ0v) is 18.3. The first-order valence-electron chi connectivity index (χ1n) is 10.7. The molecular formula is C21H43NNa2O4S. The molecule has 2 N–H and O–H groups in total. The van der Waals surface area contributed by atoms with Crippen molar-refractivity contribution in [2.75, 3.05) is 13.7 Å². The van der Waals surface area contributed by atoms with Crippen molar-refractivity contribution in [2.45, 2.75) is 102 Å². The number of allylic oxidation sites excluding steroid dienone is 2. The molecule has 0 aliphatic heterocycles. The van der Waals surface area contributed by atoms with E-state index >= 15 is 0 Å². The van der Waals surface area contributed by atoms with Gasteiger partial charge in [-0.25, -0.2) is 0 Å². The molecule has 0 bridgehead atoms. The topological polar surface area (TPSA) is 86.5 Å². The van der Waals surface area contributed by atoms with Crippen molar-refractivity contribution in [1.29, 1.82) is 0 Å². The van der Waals surface area contributed by atoms with Gasteiger partial charge in [0.2, 0.25) is 0 Å². The summed E-state index contributed by atoms with van der Waals surface area (Å²) in [5.41, 5.74) is 5.40. The van der Waals surface area contributed by atoms with Crippen molar-refractivity contribution in [1.82, 2.24) is 0 Å². The van der Waals surface area contributed by atoms with Crippen LogP contribution in [0.1, 0.15) is 96.8 Å². The number of rotatable bonds is 19. The first-order valence-corrected chi connectivity index (χ1v) is 12.1. The summed E-state index contributed by atoms with van der Waals surface area (Å²) >= 11 is 0. The minimum absolute atomic E-state index is 0. The van der Waals surface area contributed by atoms with Crippen LogP contribution < -0.4 is 5.73 Å². The molecule has 0 heterocycles. The quantitative estimate of drug-likeness (QED) is 0.140. The minimum atomic E-state index is -3.86. The molecule has 0 aromatic rings. The van der Waals surface area contributed by atoms with Crippen molar-refractivity contribution in [3.63, 3.8) is 0 Å². The van der Waals surface area contributed by atoms with Gasteiger partial charge in [-0.05, 0) is 32.1 Å². The van der Waals surface area contributed by atoms with Gasteiger partial charge in [-0.2, -0.15) is 8.42 Å². The maximum atomic E-state index is 12.0. The van der Waals surface area contributed by atoms with Gasteiger partial charge >= 0.3 is 59.1 Å². The van der Waals surface area contributed by atoms with Gasteiger partial charge in [-0.1, -0.05) is 70.4 Å². The fraction of sp³-hybridized carbons (Fsp3) is 0.857. The Bertz CT molecular complexity index is 499. The number of nitrogens with two attached hydrogens (primary N) is 1. The number of hydrogen-bond acceptors (Lipinski definition) is 5. The number of hydrogen-bond donors (Lipinski definition) is 1. The van der Waals surface area contributed by atoms with Crippen LogP contribution in [0.2, 0.25) is 0 Å². The monoisotopic (exact) mass is 451 g/mol. The van der Waals surface area contributed by atoms with Gasteiger partial charge in [0.15, 0.2) is 11.0 Å². The molecular weight excluding hydrogens is 408 g/mol. The van der Waals surface area contributed by atoms with E-state index in [1.807, 2.05) is 0 Å². The summed E-state index contributed by atoms with van der Waals surface area (Å²) < 4.78 is 27.6. The number of unbranched alkanes of at least 4 members (excludes halogenated alkanes) is 11. The molecule has 29 heavy (non-hydrogen) atoms. The van der Waals surface area contributed by atoms with Crippen LogP contribution in [0.15, 0.2) is 12.2 Å². The van der Waals surface area contributed by atoms with Crippen molar-refractivity contribution >= 4 is 75.0 Å². The summed E-state index contributed by atoms with van der Waals surface area (Å²) in [5.74, 6) is -0.336. The van der Waals surface area contributed by atoms with Crippen LogP contribution in [-0.4, -0.2) is 92.2 Å². The third kappa shape index (κ3) is 19.7. The van der Waals surface area contributed by atoms with E-state index in [2.05, 4.69) is 23.3 Å². The molecule has 0 spiro atoms. The average molecular weight is 452 g/mol. The molecule has 0 amide bonds. The van der Waals surface area contributed by atoms with Gasteiger partial charge in [0, 0.05) is 13.0 Å². The third-order valence-corrected chi connectivity index (χ3v) is 6.46. The first-order chi connectivity index (χ1) is 13.0. The van der Waals surface area contributed by atoms with Crippen molar-refractivity contribution < 1.29 is 17.4 Å². The van der Waals surface area contributed by atoms with E-state index in [-0.39, 0.29) is 77.9 Å². The van der Waals surface area contributed by atoms with Crippen molar-refractivity contribution in [2.24, 2.45) is 5.73 Å². The third-order valence-electron chi connectivity index (χ3n) is 4.84. The summed E-state index contributed by atoms with van der Waals surface area (Å²) in [6.45, 7) is 2.02. The number of ketones is 1. The molecule has 0 saturated carbocycles. The zero-order valence-electron chi connectivity index (χ0n) is 17.5. The Morgan fingerprint density at radius 2 is 1.31 bits per heavy atom.